The van der Waals surface area contributed by atoms with E-state index in [0.29, 0.717) is 11.7 Å². The number of benzene rings is 1. The Bertz CT molecular complexity index is 876. The third kappa shape index (κ3) is 7.01. The SMILES string of the molecule is C=C/C=C(\C=C/C)N1CCN(CCCCCOc2ccc(-c3noc(CC)n3)cc2)S1. The Morgan fingerprint density at radius 1 is 1.23 bits per heavy atom. The minimum atomic E-state index is 0.625. The van der Waals surface area contributed by atoms with E-state index in [1.54, 1.807) is 0 Å². The lowest BCUT2D eigenvalue weighted by Gasteiger charge is -2.18. The summed E-state index contributed by atoms with van der Waals surface area (Å²) in [5.41, 5.74) is 2.14. The van der Waals surface area contributed by atoms with Gasteiger partial charge in [-0.2, -0.15) is 4.98 Å². The van der Waals surface area contributed by atoms with Crippen molar-refractivity contribution >= 4 is 12.1 Å². The molecule has 1 fully saturated rings. The molecule has 0 spiro atoms. The van der Waals surface area contributed by atoms with Crippen LogP contribution < -0.4 is 4.74 Å². The Morgan fingerprint density at radius 2 is 2.06 bits per heavy atom. The Kier molecular flexibility index (Phi) is 9.24. The maximum absolute atomic E-state index is 5.88. The Hall–Kier alpha value is -2.51. The van der Waals surface area contributed by atoms with Crippen molar-refractivity contribution in [3.63, 3.8) is 0 Å². The lowest BCUT2D eigenvalue weighted by molar-refractivity contribution is 0.303. The fraction of sp³-hybridized carbons (Fsp3) is 0.417. The smallest absolute Gasteiger partial charge is 0.226 e. The molecule has 0 bridgehead atoms. The fourth-order valence-electron chi connectivity index (χ4n) is 3.24. The Balaban J connectivity index is 1.31. The van der Waals surface area contributed by atoms with Crippen LogP contribution in [0.1, 0.15) is 39.0 Å². The van der Waals surface area contributed by atoms with Crippen molar-refractivity contribution in [1.82, 2.24) is 18.8 Å². The lowest BCUT2D eigenvalue weighted by Crippen LogP contribution is -2.14. The van der Waals surface area contributed by atoms with Crippen molar-refractivity contribution in [1.29, 1.82) is 0 Å². The molecule has 3 rings (SSSR count). The number of ether oxygens (including phenoxy) is 1. The molecule has 1 aromatic carbocycles. The van der Waals surface area contributed by atoms with Gasteiger partial charge in [0, 0.05) is 49.4 Å². The van der Waals surface area contributed by atoms with Crippen LogP contribution >= 0.6 is 12.1 Å². The molecule has 6 nitrogen and oxygen atoms in total. The molecule has 0 saturated carbocycles. The highest BCUT2D eigenvalue weighted by Crippen LogP contribution is 2.28. The van der Waals surface area contributed by atoms with Gasteiger partial charge >= 0.3 is 0 Å². The van der Waals surface area contributed by atoms with E-state index in [0.717, 1.165) is 56.8 Å². The highest BCUT2D eigenvalue weighted by Gasteiger charge is 2.21. The molecule has 0 radical (unpaired) electrons. The van der Waals surface area contributed by atoms with Crippen LogP contribution in [0.4, 0.5) is 0 Å². The minimum Gasteiger partial charge on any atom is -0.494 e. The third-order valence-electron chi connectivity index (χ3n) is 4.88. The zero-order valence-corrected chi connectivity index (χ0v) is 19.3. The fourth-order valence-corrected chi connectivity index (χ4v) is 4.27. The molecule has 1 aromatic heterocycles. The zero-order valence-electron chi connectivity index (χ0n) is 18.5. The summed E-state index contributed by atoms with van der Waals surface area (Å²) in [6, 6.07) is 7.87. The number of hydrogen-bond donors (Lipinski definition) is 0. The summed E-state index contributed by atoms with van der Waals surface area (Å²) in [4.78, 5) is 4.35. The molecular formula is C24H32N4O2S. The highest BCUT2D eigenvalue weighted by molar-refractivity contribution is 7.95. The van der Waals surface area contributed by atoms with E-state index in [-0.39, 0.29) is 0 Å². The van der Waals surface area contributed by atoms with Crippen LogP contribution in [-0.4, -0.2) is 45.0 Å². The summed E-state index contributed by atoms with van der Waals surface area (Å²) in [6.45, 7) is 11.8. The van der Waals surface area contributed by atoms with Gasteiger partial charge in [0.15, 0.2) is 0 Å². The van der Waals surface area contributed by atoms with Crippen LogP contribution in [0.3, 0.4) is 0 Å². The summed E-state index contributed by atoms with van der Waals surface area (Å²) in [7, 11) is 0. The number of hydrogen-bond acceptors (Lipinski definition) is 7. The average Bonchev–Trinajstić information content (AvgIpc) is 3.46. The van der Waals surface area contributed by atoms with Crippen LogP contribution in [0, 0.1) is 0 Å². The topological polar surface area (TPSA) is 54.6 Å². The molecule has 7 heteroatoms. The predicted octanol–water partition coefficient (Wildman–Crippen LogP) is 5.67. The van der Waals surface area contributed by atoms with E-state index in [9.17, 15) is 0 Å². The quantitative estimate of drug-likeness (QED) is 0.239. The largest absolute Gasteiger partial charge is 0.494 e. The second kappa shape index (κ2) is 12.4. The van der Waals surface area contributed by atoms with Crippen LogP contribution in [0.15, 0.2) is 65.4 Å². The van der Waals surface area contributed by atoms with Gasteiger partial charge in [-0.3, -0.25) is 0 Å². The maximum atomic E-state index is 5.88. The van der Waals surface area contributed by atoms with Gasteiger partial charge in [0.05, 0.1) is 6.61 Å². The second-order valence-electron chi connectivity index (χ2n) is 7.24. The summed E-state index contributed by atoms with van der Waals surface area (Å²) in [6.07, 6.45) is 12.2. The average molecular weight is 441 g/mol. The normalized spacial score (nSPS) is 15.2. The molecule has 0 aliphatic carbocycles. The molecule has 31 heavy (non-hydrogen) atoms. The maximum Gasteiger partial charge on any atom is 0.226 e. The molecule has 2 aromatic rings. The number of allylic oxidation sites excluding steroid dienone is 4. The molecular weight excluding hydrogens is 408 g/mol. The molecule has 2 heterocycles. The van der Waals surface area contributed by atoms with Gasteiger partial charge in [0.1, 0.15) is 5.75 Å². The van der Waals surface area contributed by atoms with Gasteiger partial charge in [-0.1, -0.05) is 30.8 Å². The summed E-state index contributed by atoms with van der Waals surface area (Å²) < 4.78 is 15.8. The van der Waals surface area contributed by atoms with E-state index >= 15 is 0 Å². The number of aromatic nitrogens is 2. The molecule has 166 valence electrons. The van der Waals surface area contributed by atoms with Crippen molar-refractivity contribution in [2.75, 3.05) is 26.2 Å². The highest BCUT2D eigenvalue weighted by atomic mass is 32.2. The first kappa shape index (κ1) is 23.2. The van der Waals surface area contributed by atoms with Gasteiger partial charge in [0.2, 0.25) is 11.7 Å². The van der Waals surface area contributed by atoms with E-state index in [1.165, 1.54) is 12.1 Å². The first-order valence-corrected chi connectivity index (χ1v) is 11.7. The number of nitrogens with zero attached hydrogens (tertiary/aromatic N) is 4. The van der Waals surface area contributed by atoms with Crippen molar-refractivity contribution in [3.05, 3.63) is 66.7 Å². The van der Waals surface area contributed by atoms with E-state index < -0.39 is 0 Å². The van der Waals surface area contributed by atoms with Crippen LogP contribution in [0.25, 0.3) is 11.4 Å². The summed E-state index contributed by atoms with van der Waals surface area (Å²) in [5, 5.41) is 4.00. The van der Waals surface area contributed by atoms with Crippen molar-refractivity contribution in [2.24, 2.45) is 0 Å². The third-order valence-corrected chi connectivity index (χ3v) is 6.07. The minimum absolute atomic E-state index is 0.625. The summed E-state index contributed by atoms with van der Waals surface area (Å²) in [5.74, 6) is 2.15. The van der Waals surface area contributed by atoms with E-state index in [1.807, 2.05) is 56.3 Å². The van der Waals surface area contributed by atoms with Crippen molar-refractivity contribution < 1.29 is 9.26 Å². The monoisotopic (exact) mass is 440 g/mol. The number of aryl methyl sites for hydroxylation is 1. The molecule has 0 atom stereocenters. The first-order chi connectivity index (χ1) is 15.2. The zero-order chi connectivity index (χ0) is 21.9. The van der Waals surface area contributed by atoms with Crippen molar-refractivity contribution in [2.45, 2.75) is 39.5 Å². The van der Waals surface area contributed by atoms with Gasteiger partial charge in [-0.05, 0) is 62.6 Å². The second-order valence-corrected chi connectivity index (χ2v) is 8.36. The first-order valence-electron chi connectivity index (χ1n) is 10.9. The van der Waals surface area contributed by atoms with Crippen LogP contribution in [0.5, 0.6) is 5.75 Å². The standard InChI is InChI=1S/C24H32N4O2S/c1-4-10-21(11-5-2)28-18-17-27(31-28)16-8-7-9-19-29-22-14-12-20(13-15-22)24-25-23(6-3)30-26-24/h4-5,10-15H,1,6-9,16-19H2,2-3H3/b11-5-,21-10+. The van der Waals surface area contributed by atoms with E-state index in [2.05, 4.69) is 43.6 Å². The predicted molar refractivity (Wildman–Crippen MR) is 127 cm³/mol. The van der Waals surface area contributed by atoms with Gasteiger partial charge in [0.25, 0.3) is 0 Å². The Morgan fingerprint density at radius 3 is 2.77 bits per heavy atom. The van der Waals surface area contributed by atoms with Crippen LogP contribution in [-0.2, 0) is 6.42 Å². The van der Waals surface area contributed by atoms with Gasteiger partial charge in [-0.15, -0.1) is 0 Å². The number of unbranched alkanes of at least 4 members (excludes halogenated alkanes) is 2. The molecule has 1 aliphatic rings. The molecule has 0 amide bonds. The molecule has 1 saturated heterocycles. The van der Waals surface area contributed by atoms with E-state index in [4.69, 9.17) is 9.26 Å². The molecule has 1 aliphatic heterocycles. The lowest BCUT2D eigenvalue weighted by atomic mass is 10.2. The van der Waals surface area contributed by atoms with Crippen molar-refractivity contribution in [3.8, 4) is 17.1 Å². The van der Waals surface area contributed by atoms with Crippen LogP contribution in [0.2, 0.25) is 0 Å². The van der Waals surface area contributed by atoms with Gasteiger partial charge in [-0.25, -0.2) is 4.31 Å². The summed E-state index contributed by atoms with van der Waals surface area (Å²) >= 11 is 1.81. The molecule has 0 unspecified atom stereocenters. The van der Waals surface area contributed by atoms with Gasteiger partial charge < -0.3 is 13.6 Å². The number of rotatable bonds is 12. The molecule has 0 N–H and O–H groups in total. The Labute approximate surface area is 189 Å².